The summed E-state index contributed by atoms with van der Waals surface area (Å²) >= 11 is 0. The number of carbonyl (C=O) groups is 1. The van der Waals surface area contributed by atoms with Crippen molar-refractivity contribution >= 4 is 22.6 Å². The van der Waals surface area contributed by atoms with Crippen molar-refractivity contribution in [3.8, 4) is 5.82 Å². The van der Waals surface area contributed by atoms with E-state index in [4.69, 9.17) is 0 Å². The standard InChI is InChI=1S/C19H19N7O2/c1-2-24-15-5-3-4-6-16(15)25(19(24)28)10-9-18(27)23-14-7-8-17(21-11-14)26-13-20-12-22-26/h3-8,11-13H,2,9-10H2,1H3,(H,23,27). The quantitative estimate of drug-likeness (QED) is 0.553. The molecule has 1 aromatic carbocycles. The van der Waals surface area contributed by atoms with Crippen LogP contribution in [0.25, 0.3) is 16.9 Å². The molecule has 1 N–H and O–H groups in total. The minimum Gasteiger partial charge on any atom is -0.325 e. The van der Waals surface area contributed by atoms with Crippen LogP contribution in [0.15, 0.2) is 60.0 Å². The van der Waals surface area contributed by atoms with E-state index < -0.39 is 0 Å². The average Bonchev–Trinajstić information content (AvgIpc) is 3.33. The van der Waals surface area contributed by atoms with Crippen LogP contribution in [0.1, 0.15) is 13.3 Å². The molecule has 0 bridgehead atoms. The van der Waals surface area contributed by atoms with E-state index in [1.807, 2.05) is 31.2 Å². The topological polar surface area (TPSA) is 99.6 Å². The molecule has 28 heavy (non-hydrogen) atoms. The lowest BCUT2D eigenvalue weighted by Gasteiger charge is -2.07. The molecule has 0 spiro atoms. The maximum Gasteiger partial charge on any atom is 0.329 e. The number of hydrogen-bond donors (Lipinski definition) is 1. The van der Waals surface area contributed by atoms with Gasteiger partial charge in [-0.1, -0.05) is 12.1 Å². The van der Waals surface area contributed by atoms with Crippen molar-refractivity contribution in [3.05, 3.63) is 65.7 Å². The van der Waals surface area contributed by atoms with Crippen LogP contribution < -0.4 is 11.0 Å². The van der Waals surface area contributed by atoms with Gasteiger partial charge in [0.1, 0.15) is 12.7 Å². The third-order valence-corrected chi connectivity index (χ3v) is 4.49. The molecule has 0 atom stereocenters. The number of benzene rings is 1. The van der Waals surface area contributed by atoms with Crippen LogP contribution >= 0.6 is 0 Å². The van der Waals surface area contributed by atoms with E-state index in [1.54, 1.807) is 33.8 Å². The van der Waals surface area contributed by atoms with Gasteiger partial charge in [0.25, 0.3) is 0 Å². The molecule has 0 unspecified atom stereocenters. The minimum atomic E-state index is -0.185. The molecule has 1 amide bonds. The number of rotatable bonds is 6. The number of amides is 1. The van der Waals surface area contributed by atoms with Crippen molar-refractivity contribution in [3.63, 3.8) is 0 Å². The highest BCUT2D eigenvalue weighted by atomic mass is 16.2. The zero-order valence-corrected chi connectivity index (χ0v) is 15.3. The summed E-state index contributed by atoms with van der Waals surface area (Å²) in [7, 11) is 0. The van der Waals surface area contributed by atoms with E-state index in [2.05, 4.69) is 20.4 Å². The third kappa shape index (κ3) is 3.29. The third-order valence-electron chi connectivity index (χ3n) is 4.49. The smallest absolute Gasteiger partial charge is 0.325 e. The SMILES string of the molecule is CCn1c(=O)n(CCC(=O)Nc2ccc(-n3cncn3)nc2)c2ccccc21. The Labute approximate surface area is 160 Å². The van der Waals surface area contributed by atoms with E-state index >= 15 is 0 Å². The first-order valence-corrected chi connectivity index (χ1v) is 8.96. The van der Waals surface area contributed by atoms with Crippen molar-refractivity contribution < 1.29 is 4.79 Å². The predicted molar refractivity (Wildman–Crippen MR) is 104 cm³/mol. The number of carbonyl (C=O) groups excluding carboxylic acids is 1. The Morgan fingerprint density at radius 2 is 1.89 bits per heavy atom. The number of fused-ring (bicyclic) bond motifs is 1. The molecular weight excluding hydrogens is 358 g/mol. The highest BCUT2D eigenvalue weighted by Gasteiger charge is 2.13. The van der Waals surface area contributed by atoms with E-state index in [1.165, 1.54) is 11.0 Å². The highest BCUT2D eigenvalue weighted by molar-refractivity contribution is 5.90. The second kappa shape index (κ2) is 7.47. The maximum atomic E-state index is 12.6. The van der Waals surface area contributed by atoms with Gasteiger partial charge in [0, 0.05) is 19.5 Å². The Bertz CT molecular complexity index is 1160. The van der Waals surface area contributed by atoms with Crippen LogP contribution in [0.4, 0.5) is 5.69 Å². The van der Waals surface area contributed by atoms with Gasteiger partial charge < -0.3 is 5.32 Å². The number of para-hydroxylation sites is 2. The number of nitrogens with zero attached hydrogens (tertiary/aromatic N) is 6. The summed E-state index contributed by atoms with van der Waals surface area (Å²) in [6.07, 6.45) is 4.71. The summed E-state index contributed by atoms with van der Waals surface area (Å²) in [6.45, 7) is 2.83. The van der Waals surface area contributed by atoms with Crippen LogP contribution in [-0.4, -0.2) is 34.8 Å². The largest absolute Gasteiger partial charge is 0.329 e. The molecule has 0 aliphatic rings. The highest BCUT2D eigenvalue weighted by Crippen LogP contribution is 2.14. The zero-order valence-electron chi connectivity index (χ0n) is 15.3. The van der Waals surface area contributed by atoms with Gasteiger partial charge in [-0.15, -0.1) is 0 Å². The Kier molecular flexibility index (Phi) is 4.71. The minimum absolute atomic E-state index is 0.102. The molecule has 3 aromatic heterocycles. The van der Waals surface area contributed by atoms with Gasteiger partial charge in [0.05, 0.1) is 22.9 Å². The van der Waals surface area contributed by atoms with Gasteiger partial charge in [-0.2, -0.15) is 5.10 Å². The van der Waals surface area contributed by atoms with Gasteiger partial charge in [-0.05, 0) is 31.2 Å². The fraction of sp³-hybridized carbons (Fsp3) is 0.211. The second-order valence-corrected chi connectivity index (χ2v) is 6.21. The van der Waals surface area contributed by atoms with Gasteiger partial charge in [0.15, 0.2) is 5.82 Å². The number of anilines is 1. The van der Waals surface area contributed by atoms with Gasteiger partial charge in [-0.3, -0.25) is 13.9 Å². The van der Waals surface area contributed by atoms with Crippen LogP contribution in [0, 0.1) is 0 Å². The molecule has 9 nitrogen and oxygen atoms in total. The molecular formula is C19H19N7O2. The lowest BCUT2D eigenvalue weighted by Crippen LogP contribution is -2.25. The fourth-order valence-corrected chi connectivity index (χ4v) is 3.15. The molecule has 4 aromatic rings. The number of imidazole rings is 1. The summed E-state index contributed by atoms with van der Waals surface area (Å²) in [5, 5.41) is 6.81. The molecule has 0 fully saturated rings. The van der Waals surface area contributed by atoms with Gasteiger partial charge >= 0.3 is 5.69 Å². The molecule has 0 saturated carbocycles. The number of pyridine rings is 1. The van der Waals surface area contributed by atoms with Crippen LogP contribution in [0.5, 0.6) is 0 Å². The monoisotopic (exact) mass is 377 g/mol. The van der Waals surface area contributed by atoms with E-state index in [9.17, 15) is 9.59 Å². The molecule has 0 aliphatic carbocycles. The molecule has 9 heteroatoms. The van der Waals surface area contributed by atoms with E-state index in [0.29, 0.717) is 24.6 Å². The first-order valence-electron chi connectivity index (χ1n) is 8.96. The molecule has 0 aliphatic heterocycles. The van der Waals surface area contributed by atoms with Gasteiger partial charge in [0.2, 0.25) is 5.91 Å². The molecule has 0 radical (unpaired) electrons. The number of hydrogen-bond acceptors (Lipinski definition) is 5. The lowest BCUT2D eigenvalue weighted by molar-refractivity contribution is -0.116. The van der Waals surface area contributed by atoms with Crippen molar-refractivity contribution in [2.24, 2.45) is 0 Å². The fourth-order valence-electron chi connectivity index (χ4n) is 3.15. The molecule has 3 heterocycles. The number of nitrogens with one attached hydrogen (secondary N) is 1. The summed E-state index contributed by atoms with van der Waals surface area (Å²) in [5.41, 5.74) is 2.19. The Morgan fingerprint density at radius 1 is 1.11 bits per heavy atom. The van der Waals surface area contributed by atoms with Crippen LogP contribution in [0.2, 0.25) is 0 Å². The second-order valence-electron chi connectivity index (χ2n) is 6.21. The number of aryl methyl sites for hydroxylation is 2. The molecule has 0 saturated heterocycles. The van der Waals surface area contributed by atoms with Crippen molar-refractivity contribution in [2.75, 3.05) is 5.32 Å². The Morgan fingerprint density at radius 3 is 2.54 bits per heavy atom. The zero-order chi connectivity index (χ0) is 19.5. The molecule has 4 rings (SSSR count). The summed E-state index contributed by atoms with van der Waals surface area (Å²) in [5.74, 6) is 0.421. The van der Waals surface area contributed by atoms with Crippen molar-refractivity contribution in [1.82, 2.24) is 28.9 Å². The first kappa shape index (κ1) is 17.7. The first-order chi connectivity index (χ1) is 13.7. The summed E-state index contributed by atoms with van der Waals surface area (Å²) < 4.78 is 4.88. The normalized spacial score (nSPS) is 11.0. The number of aromatic nitrogens is 6. The average molecular weight is 377 g/mol. The van der Waals surface area contributed by atoms with Crippen LogP contribution in [-0.2, 0) is 17.9 Å². The van der Waals surface area contributed by atoms with E-state index in [-0.39, 0.29) is 18.0 Å². The Balaban J connectivity index is 1.45. The summed E-state index contributed by atoms with van der Waals surface area (Å²) in [6, 6.07) is 11.1. The Hall–Kier alpha value is -3.75. The lowest BCUT2D eigenvalue weighted by atomic mass is 10.3. The maximum absolute atomic E-state index is 12.6. The van der Waals surface area contributed by atoms with Crippen LogP contribution in [0.3, 0.4) is 0 Å². The predicted octanol–water partition coefficient (Wildman–Crippen LogP) is 1.83. The molecule has 142 valence electrons. The summed E-state index contributed by atoms with van der Waals surface area (Å²) in [4.78, 5) is 33.1. The van der Waals surface area contributed by atoms with Gasteiger partial charge in [-0.25, -0.2) is 19.4 Å². The van der Waals surface area contributed by atoms with Crippen molar-refractivity contribution in [1.29, 1.82) is 0 Å². The van der Waals surface area contributed by atoms with Crippen molar-refractivity contribution in [2.45, 2.75) is 26.4 Å². The van der Waals surface area contributed by atoms with E-state index in [0.717, 1.165) is 11.0 Å².